The Morgan fingerprint density at radius 2 is 1.59 bits per heavy atom. The van der Waals surface area contributed by atoms with Crippen molar-refractivity contribution in [3.63, 3.8) is 0 Å². The van der Waals surface area contributed by atoms with Gasteiger partial charge in [-0.15, -0.1) is 0 Å². The molecule has 0 aromatic rings. The molecule has 0 amide bonds. The maximum Gasteiger partial charge on any atom is 0.349 e. The molecule has 6 saturated carbocycles. The van der Waals surface area contributed by atoms with Crippen molar-refractivity contribution in [1.29, 1.82) is 0 Å². The second-order valence-electron chi connectivity index (χ2n) is 8.79. The van der Waals surface area contributed by atoms with Crippen LogP contribution in [0.4, 0.5) is 0 Å². The fraction of sp³-hybridized carbons (Fsp3) is 0.938. The molecule has 1 saturated heterocycles. The molecule has 7 rings (SSSR count). The smallest absolute Gasteiger partial charge is 0.346 e. The van der Waals surface area contributed by atoms with Gasteiger partial charge in [-0.1, -0.05) is 15.9 Å². The molecule has 4 unspecified atom stereocenters. The van der Waals surface area contributed by atoms with Gasteiger partial charge >= 0.3 is 5.97 Å². The largest absolute Gasteiger partial charge is 0.349 e. The van der Waals surface area contributed by atoms with Crippen LogP contribution in [-0.4, -0.2) is 34.9 Å². The topological polar surface area (TPSA) is 54.0 Å². The van der Waals surface area contributed by atoms with Crippen LogP contribution in [0, 0.1) is 40.9 Å². The van der Waals surface area contributed by atoms with Gasteiger partial charge in [0.2, 0.25) is 0 Å². The van der Waals surface area contributed by atoms with Crippen LogP contribution in [-0.2, 0) is 24.0 Å². The van der Waals surface area contributed by atoms with E-state index in [-0.39, 0.29) is 15.7 Å². The molecule has 0 aromatic carbocycles. The molecule has 120 valence electrons. The maximum absolute atomic E-state index is 12.7. The summed E-state index contributed by atoms with van der Waals surface area (Å²) >= 11 is 3.98. The summed E-state index contributed by atoms with van der Waals surface area (Å²) in [6.45, 7) is 6.98. The van der Waals surface area contributed by atoms with Gasteiger partial charge in [0.1, 0.15) is 5.60 Å². The molecule has 0 radical (unpaired) electrons. The zero-order valence-corrected chi connectivity index (χ0v) is 14.4. The Morgan fingerprint density at radius 3 is 2.14 bits per heavy atom. The Hall–Kier alpha value is -0.170. The summed E-state index contributed by atoms with van der Waals surface area (Å²) in [7, 11) is 0. The van der Waals surface area contributed by atoms with Crippen LogP contribution in [0.3, 0.4) is 0 Å². The first-order valence-corrected chi connectivity index (χ1v) is 8.98. The maximum atomic E-state index is 12.7. The highest BCUT2D eigenvalue weighted by atomic mass is 79.9. The molecule has 8 atom stereocenters. The van der Waals surface area contributed by atoms with Crippen LogP contribution in [0.25, 0.3) is 0 Å². The zero-order chi connectivity index (χ0) is 15.3. The molecule has 1 aliphatic heterocycles. The number of hydrogen-bond donors (Lipinski definition) is 0. The van der Waals surface area contributed by atoms with Crippen LogP contribution in [0.5, 0.6) is 0 Å². The van der Waals surface area contributed by atoms with Gasteiger partial charge in [-0.05, 0) is 50.4 Å². The van der Waals surface area contributed by atoms with Crippen molar-refractivity contribution in [2.45, 2.75) is 36.5 Å². The second kappa shape index (κ2) is 3.17. The van der Waals surface area contributed by atoms with Crippen molar-refractivity contribution in [1.82, 2.24) is 0 Å². The Morgan fingerprint density at radius 1 is 1.05 bits per heavy atom. The van der Waals surface area contributed by atoms with Crippen molar-refractivity contribution in [2.75, 3.05) is 13.2 Å². The Labute approximate surface area is 137 Å². The molecule has 1 heterocycles. The quantitative estimate of drug-likeness (QED) is 0.422. The molecule has 6 heteroatoms. The van der Waals surface area contributed by atoms with Crippen LogP contribution in [0.1, 0.15) is 20.8 Å². The first kappa shape index (κ1) is 13.2. The first-order valence-electron chi connectivity index (χ1n) is 8.19. The van der Waals surface area contributed by atoms with E-state index < -0.39 is 11.4 Å². The fourth-order valence-electron chi connectivity index (χ4n) is 7.26. The van der Waals surface area contributed by atoms with Crippen LogP contribution in [0.15, 0.2) is 0 Å². The van der Waals surface area contributed by atoms with E-state index in [9.17, 15) is 4.79 Å². The summed E-state index contributed by atoms with van der Waals surface area (Å²) in [6, 6.07) is 0. The van der Waals surface area contributed by atoms with E-state index in [2.05, 4.69) is 15.9 Å². The van der Waals surface area contributed by atoms with Gasteiger partial charge in [-0.25, -0.2) is 4.79 Å². The average Bonchev–Trinajstić information content (AvgIpc) is 2.95. The zero-order valence-electron chi connectivity index (χ0n) is 12.8. The molecular formula is C16H19BrO5. The minimum absolute atomic E-state index is 0.0475. The lowest BCUT2D eigenvalue weighted by molar-refractivity contribution is -0.440. The van der Waals surface area contributed by atoms with Gasteiger partial charge in [0, 0.05) is 5.92 Å². The second-order valence-corrected chi connectivity index (χ2v) is 10.1. The molecule has 5 nitrogen and oxygen atoms in total. The van der Waals surface area contributed by atoms with Gasteiger partial charge in [0.25, 0.3) is 0 Å². The van der Waals surface area contributed by atoms with Gasteiger partial charge < -0.3 is 9.47 Å². The lowest BCUT2D eigenvalue weighted by Gasteiger charge is -2.89. The predicted octanol–water partition coefficient (Wildman–Crippen LogP) is 1.89. The van der Waals surface area contributed by atoms with E-state index in [4.69, 9.17) is 19.2 Å². The highest BCUT2D eigenvalue weighted by molar-refractivity contribution is 9.10. The van der Waals surface area contributed by atoms with Crippen molar-refractivity contribution in [2.24, 2.45) is 40.9 Å². The molecule has 0 N–H and O–H groups in total. The number of carbonyl (C=O) groups is 1. The summed E-state index contributed by atoms with van der Waals surface area (Å²) < 4.78 is 12.1. The third-order valence-electron chi connectivity index (χ3n) is 7.36. The summed E-state index contributed by atoms with van der Waals surface area (Å²) in [4.78, 5) is 23.2. The van der Waals surface area contributed by atoms with E-state index in [0.717, 1.165) is 0 Å². The molecular weight excluding hydrogens is 352 g/mol. The van der Waals surface area contributed by atoms with Gasteiger partial charge in [-0.2, -0.15) is 4.89 Å². The van der Waals surface area contributed by atoms with Crippen molar-refractivity contribution in [3.8, 4) is 0 Å². The number of alkyl halides is 1. The lowest BCUT2D eigenvalue weighted by atomic mass is 9.13. The Bertz CT molecular complexity index is 599. The van der Waals surface area contributed by atoms with E-state index >= 15 is 0 Å². The lowest BCUT2D eigenvalue weighted by Crippen LogP contribution is -2.94. The number of halogens is 1. The fourth-order valence-corrected chi connectivity index (χ4v) is 8.89. The monoisotopic (exact) mass is 370 g/mol. The molecule has 0 aromatic heterocycles. The van der Waals surface area contributed by atoms with Gasteiger partial charge in [0.15, 0.2) is 5.79 Å². The minimum atomic E-state index is -0.473. The van der Waals surface area contributed by atoms with Crippen molar-refractivity contribution in [3.05, 3.63) is 0 Å². The SMILES string of the molecule is CC(C)(C)OOC(=O)C12C3[C@@H]4[C@H]1C1[C@H]2[C@@H]3C4(Br)C12OCCO2. The Kier molecular flexibility index (Phi) is 1.90. The number of ether oxygens (including phenoxy) is 2. The normalized spacial score (nSPS) is 60.2. The van der Waals surface area contributed by atoms with Crippen molar-refractivity contribution >= 4 is 21.9 Å². The molecule has 22 heavy (non-hydrogen) atoms. The third kappa shape index (κ3) is 0.871. The molecule has 6 aliphatic carbocycles. The first-order chi connectivity index (χ1) is 10.3. The van der Waals surface area contributed by atoms with Crippen LogP contribution >= 0.6 is 15.9 Å². The molecule has 7 aliphatic rings. The molecule has 7 fully saturated rings. The van der Waals surface area contributed by atoms with E-state index in [1.54, 1.807) is 0 Å². The summed E-state index contributed by atoms with van der Waals surface area (Å²) in [6.07, 6.45) is 0. The number of hydrogen-bond acceptors (Lipinski definition) is 5. The van der Waals surface area contributed by atoms with Gasteiger partial charge in [0.05, 0.1) is 23.0 Å². The van der Waals surface area contributed by atoms with Crippen LogP contribution in [0.2, 0.25) is 0 Å². The summed E-state index contributed by atoms with van der Waals surface area (Å²) in [5.41, 5.74) is -0.763. The van der Waals surface area contributed by atoms with Crippen LogP contribution < -0.4 is 0 Å². The van der Waals surface area contributed by atoms with E-state index in [1.807, 2.05) is 20.8 Å². The summed E-state index contributed by atoms with van der Waals surface area (Å²) in [5.74, 6) is 1.88. The summed E-state index contributed by atoms with van der Waals surface area (Å²) in [5, 5.41) is 0. The van der Waals surface area contributed by atoms with E-state index in [1.165, 1.54) is 0 Å². The van der Waals surface area contributed by atoms with Crippen molar-refractivity contribution < 1.29 is 24.0 Å². The highest BCUT2D eigenvalue weighted by Gasteiger charge is 3.11. The Balaban J connectivity index is 1.32. The van der Waals surface area contributed by atoms with Gasteiger partial charge in [-0.3, -0.25) is 4.89 Å². The number of carbonyl (C=O) groups excluding carboxylic acids is 1. The highest BCUT2D eigenvalue weighted by Crippen LogP contribution is 3.04. The third-order valence-corrected chi connectivity index (χ3v) is 8.97. The molecule has 1 spiro atoms. The minimum Gasteiger partial charge on any atom is -0.346 e. The standard InChI is InChI=1S/C16H19BrO5/c1-13(2,3)22-21-12(18)14-6-9-7(14)11-8(14)10(6)15(9,17)16(11)19-4-5-20-16/h6-11H,4-5H2,1-3H3/t6?,7-,8+,9-,10-,11?,14?,15?/m1/s1. The van der Waals surface area contributed by atoms with E-state index in [0.29, 0.717) is 48.7 Å². The number of rotatable bonds is 2. The molecule has 2 bridgehead atoms. The average molecular weight is 371 g/mol. The predicted molar refractivity (Wildman–Crippen MR) is 76.6 cm³/mol.